The molecule has 1 unspecified atom stereocenters. The van der Waals surface area contributed by atoms with E-state index >= 15 is 0 Å². The molecule has 1 amide bonds. The third kappa shape index (κ3) is 4.10. The molecule has 94 valence electrons. The standard InChI is InChI=1S/C12H24N2O2/c1-9(2)10(3)14-11(15)7-13-8-12(16)5-4-6-12/h9-10,13,16H,4-8H2,1-3H3,(H,14,15). The van der Waals surface area contributed by atoms with Crippen LogP contribution in [0.4, 0.5) is 0 Å². The summed E-state index contributed by atoms with van der Waals surface area (Å²) in [5.41, 5.74) is -0.552. The van der Waals surface area contributed by atoms with Crippen LogP contribution in [0.15, 0.2) is 0 Å². The number of nitrogens with one attached hydrogen (secondary N) is 2. The lowest BCUT2D eigenvalue weighted by Crippen LogP contribution is -2.49. The van der Waals surface area contributed by atoms with Crippen LogP contribution >= 0.6 is 0 Å². The molecule has 1 fully saturated rings. The summed E-state index contributed by atoms with van der Waals surface area (Å²) in [4.78, 5) is 11.5. The normalized spacial score (nSPS) is 20.3. The van der Waals surface area contributed by atoms with Crippen LogP contribution in [0.3, 0.4) is 0 Å². The van der Waals surface area contributed by atoms with Crippen LogP contribution in [-0.4, -0.2) is 35.7 Å². The van der Waals surface area contributed by atoms with Crippen LogP contribution < -0.4 is 10.6 Å². The molecule has 1 saturated carbocycles. The first kappa shape index (κ1) is 13.5. The van der Waals surface area contributed by atoms with Crippen molar-refractivity contribution in [2.75, 3.05) is 13.1 Å². The second-order valence-electron chi connectivity index (χ2n) is 5.28. The number of amides is 1. The van der Waals surface area contributed by atoms with Crippen molar-refractivity contribution in [1.29, 1.82) is 0 Å². The Morgan fingerprint density at radius 3 is 2.44 bits per heavy atom. The zero-order chi connectivity index (χ0) is 12.2. The Labute approximate surface area is 97.8 Å². The van der Waals surface area contributed by atoms with E-state index in [4.69, 9.17) is 0 Å². The summed E-state index contributed by atoms with van der Waals surface area (Å²) in [7, 11) is 0. The predicted molar refractivity (Wildman–Crippen MR) is 64.1 cm³/mol. The van der Waals surface area contributed by atoms with Gasteiger partial charge in [-0.3, -0.25) is 4.79 Å². The molecule has 0 aromatic carbocycles. The van der Waals surface area contributed by atoms with Gasteiger partial charge >= 0.3 is 0 Å². The van der Waals surface area contributed by atoms with Crippen LogP contribution in [0, 0.1) is 5.92 Å². The summed E-state index contributed by atoms with van der Waals surface area (Å²) in [6.07, 6.45) is 2.79. The molecular weight excluding hydrogens is 204 g/mol. The minimum Gasteiger partial charge on any atom is -0.389 e. The number of rotatable bonds is 6. The smallest absolute Gasteiger partial charge is 0.234 e. The maximum atomic E-state index is 11.5. The highest BCUT2D eigenvalue weighted by atomic mass is 16.3. The number of hydrogen-bond acceptors (Lipinski definition) is 3. The van der Waals surface area contributed by atoms with E-state index in [1.165, 1.54) is 0 Å². The van der Waals surface area contributed by atoms with Crippen molar-refractivity contribution in [3.8, 4) is 0 Å². The molecule has 0 heterocycles. The van der Waals surface area contributed by atoms with Crippen LogP contribution in [0.25, 0.3) is 0 Å². The van der Waals surface area contributed by atoms with E-state index in [0.29, 0.717) is 19.0 Å². The molecule has 4 nitrogen and oxygen atoms in total. The Morgan fingerprint density at radius 1 is 1.38 bits per heavy atom. The Kier molecular flexibility index (Phi) is 4.74. The second-order valence-corrected chi connectivity index (χ2v) is 5.28. The molecule has 1 aliphatic carbocycles. The molecule has 4 heteroatoms. The Balaban J connectivity index is 2.10. The lowest BCUT2D eigenvalue weighted by molar-refractivity contribution is -0.121. The zero-order valence-corrected chi connectivity index (χ0v) is 10.5. The van der Waals surface area contributed by atoms with Crippen molar-refractivity contribution in [1.82, 2.24) is 10.6 Å². The molecular formula is C12H24N2O2. The van der Waals surface area contributed by atoms with E-state index < -0.39 is 5.60 Å². The molecule has 0 radical (unpaired) electrons. The number of carbonyl (C=O) groups excluding carboxylic acids is 1. The van der Waals surface area contributed by atoms with Gasteiger partial charge in [-0.05, 0) is 32.1 Å². The minimum absolute atomic E-state index is 0.00382. The minimum atomic E-state index is -0.552. The van der Waals surface area contributed by atoms with Crippen molar-refractivity contribution >= 4 is 5.91 Å². The fourth-order valence-electron chi connectivity index (χ4n) is 1.64. The monoisotopic (exact) mass is 228 g/mol. The number of hydrogen-bond donors (Lipinski definition) is 3. The summed E-state index contributed by atoms with van der Waals surface area (Å²) >= 11 is 0. The fraction of sp³-hybridized carbons (Fsp3) is 0.917. The van der Waals surface area contributed by atoms with Gasteiger partial charge in [-0.25, -0.2) is 0 Å². The highest BCUT2D eigenvalue weighted by molar-refractivity contribution is 5.78. The van der Waals surface area contributed by atoms with Crippen molar-refractivity contribution in [3.63, 3.8) is 0 Å². The molecule has 1 rings (SSSR count). The molecule has 0 aromatic rings. The Hall–Kier alpha value is -0.610. The molecule has 1 atom stereocenters. The molecule has 16 heavy (non-hydrogen) atoms. The van der Waals surface area contributed by atoms with E-state index in [0.717, 1.165) is 19.3 Å². The van der Waals surface area contributed by atoms with Crippen LogP contribution in [0.2, 0.25) is 0 Å². The van der Waals surface area contributed by atoms with Crippen molar-refractivity contribution in [2.45, 2.75) is 51.7 Å². The Bertz CT molecular complexity index is 237. The van der Waals surface area contributed by atoms with Crippen molar-refractivity contribution in [3.05, 3.63) is 0 Å². The van der Waals surface area contributed by atoms with Gasteiger partial charge in [-0.2, -0.15) is 0 Å². The number of aliphatic hydroxyl groups is 1. The lowest BCUT2D eigenvalue weighted by Gasteiger charge is -2.36. The van der Waals surface area contributed by atoms with E-state index in [1.54, 1.807) is 0 Å². The highest BCUT2D eigenvalue weighted by Crippen LogP contribution is 2.30. The first-order chi connectivity index (χ1) is 7.43. The molecule has 0 aliphatic heterocycles. The first-order valence-corrected chi connectivity index (χ1v) is 6.15. The van der Waals surface area contributed by atoms with Gasteiger partial charge in [0.1, 0.15) is 0 Å². The molecule has 3 N–H and O–H groups in total. The van der Waals surface area contributed by atoms with Crippen LogP contribution in [0.1, 0.15) is 40.0 Å². The van der Waals surface area contributed by atoms with Gasteiger partial charge in [-0.1, -0.05) is 13.8 Å². The SMILES string of the molecule is CC(C)C(C)NC(=O)CNCC1(O)CCC1. The largest absolute Gasteiger partial charge is 0.389 e. The maximum absolute atomic E-state index is 11.5. The van der Waals surface area contributed by atoms with E-state index in [-0.39, 0.29) is 11.9 Å². The summed E-state index contributed by atoms with van der Waals surface area (Å²) < 4.78 is 0. The molecule has 0 spiro atoms. The third-order valence-electron chi connectivity index (χ3n) is 3.41. The van der Waals surface area contributed by atoms with Crippen molar-refractivity contribution in [2.24, 2.45) is 5.92 Å². The fourth-order valence-corrected chi connectivity index (χ4v) is 1.64. The van der Waals surface area contributed by atoms with Gasteiger partial charge in [0.05, 0.1) is 12.1 Å². The average molecular weight is 228 g/mol. The molecule has 0 saturated heterocycles. The predicted octanol–water partition coefficient (Wildman–Crippen LogP) is 0.652. The maximum Gasteiger partial charge on any atom is 0.234 e. The van der Waals surface area contributed by atoms with Gasteiger partial charge in [-0.15, -0.1) is 0 Å². The van der Waals surface area contributed by atoms with Crippen LogP contribution in [0.5, 0.6) is 0 Å². The van der Waals surface area contributed by atoms with Crippen molar-refractivity contribution < 1.29 is 9.90 Å². The molecule has 0 bridgehead atoms. The van der Waals surface area contributed by atoms with Gasteiger partial charge in [0, 0.05) is 12.6 Å². The van der Waals surface area contributed by atoms with Gasteiger partial charge in [0.25, 0.3) is 0 Å². The summed E-state index contributed by atoms with van der Waals surface area (Å²) in [5.74, 6) is 0.448. The summed E-state index contributed by atoms with van der Waals surface area (Å²) in [6, 6.07) is 0.195. The topological polar surface area (TPSA) is 61.4 Å². The number of carbonyl (C=O) groups is 1. The summed E-state index contributed by atoms with van der Waals surface area (Å²) in [5, 5.41) is 15.7. The highest BCUT2D eigenvalue weighted by Gasteiger charge is 2.33. The van der Waals surface area contributed by atoms with Gasteiger partial charge in [0.15, 0.2) is 0 Å². The van der Waals surface area contributed by atoms with Gasteiger partial charge in [0.2, 0.25) is 5.91 Å². The summed E-state index contributed by atoms with van der Waals surface area (Å²) in [6.45, 7) is 6.97. The van der Waals surface area contributed by atoms with E-state index in [9.17, 15) is 9.90 Å². The third-order valence-corrected chi connectivity index (χ3v) is 3.41. The molecule has 0 aromatic heterocycles. The van der Waals surface area contributed by atoms with Crippen LogP contribution in [-0.2, 0) is 4.79 Å². The first-order valence-electron chi connectivity index (χ1n) is 6.15. The molecule has 1 aliphatic rings. The second kappa shape index (κ2) is 5.64. The lowest BCUT2D eigenvalue weighted by atomic mass is 9.80. The zero-order valence-electron chi connectivity index (χ0n) is 10.5. The Morgan fingerprint density at radius 2 is 2.00 bits per heavy atom. The average Bonchev–Trinajstić information content (AvgIpc) is 2.14. The van der Waals surface area contributed by atoms with E-state index in [1.807, 2.05) is 6.92 Å². The van der Waals surface area contributed by atoms with E-state index in [2.05, 4.69) is 24.5 Å². The quantitative estimate of drug-likeness (QED) is 0.625. The van der Waals surface area contributed by atoms with Gasteiger partial charge < -0.3 is 15.7 Å².